The Hall–Kier alpha value is 0.310. The van der Waals surface area contributed by atoms with E-state index in [0.717, 1.165) is 5.92 Å². The summed E-state index contributed by atoms with van der Waals surface area (Å²) >= 11 is 2.14. The fraction of sp³-hybridized carbons (Fsp3) is 1.00. The second-order valence-electron chi connectivity index (χ2n) is 3.85. The van der Waals surface area contributed by atoms with E-state index < -0.39 is 0 Å². The lowest BCUT2D eigenvalue weighted by molar-refractivity contribution is 0.278. The van der Waals surface area contributed by atoms with Crippen LogP contribution in [0.25, 0.3) is 0 Å². The van der Waals surface area contributed by atoms with Crippen LogP contribution in [-0.4, -0.2) is 36.5 Å². The van der Waals surface area contributed by atoms with Crippen LogP contribution in [0, 0.1) is 5.92 Å². The minimum atomic E-state index is 0.972. The van der Waals surface area contributed by atoms with Gasteiger partial charge in [0.15, 0.2) is 0 Å². The molecule has 1 atom stereocenters. The molecule has 1 unspecified atom stereocenters. The van der Waals surface area contributed by atoms with Crippen molar-refractivity contribution in [1.29, 1.82) is 0 Å². The molecule has 0 saturated carbocycles. The number of hydrogen-bond acceptors (Lipinski definition) is 2. The van der Waals surface area contributed by atoms with Gasteiger partial charge in [0, 0.05) is 6.54 Å². The SMILES string of the molecule is CCCN(C)CC1CCCSC1. The largest absolute Gasteiger partial charge is 0.306 e. The Morgan fingerprint density at radius 2 is 2.33 bits per heavy atom. The molecule has 0 bridgehead atoms. The average molecular weight is 187 g/mol. The van der Waals surface area contributed by atoms with Crippen molar-refractivity contribution in [3.8, 4) is 0 Å². The molecule has 72 valence electrons. The summed E-state index contributed by atoms with van der Waals surface area (Å²) in [5.41, 5.74) is 0. The molecular weight excluding hydrogens is 166 g/mol. The Morgan fingerprint density at radius 1 is 1.50 bits per heavy atom. The van der Waals surface area contributed by atoms with Crippen molar-refractivity contribution < 1.29 is 0 Å². The first-order chi connectivity index (χ1) is 5.83. The van der Waals surface area contributed by atoms with Gasteiger partial charge < -0.3 is 4.90 Å². The summed E-state index contributed by atoms with van der Waals surface area (Å²) < 4.78 is 0. The van der Waals surface area contributed by atoms with E-state index in [1.807, 2.05) is 0 Å². The molecule has 0 aromatic carbocycles. The highest BCUT2D eigenvalue weighted by atomic mass is 32.2. The van der Waals surface area contributed by atoms with Gasteiger partial charge in [0.1, 0.15) is 0 Å². The molecule has 1 nitrogen and oxygen atoms in total. The summed E-state index contributed by atoms with van der Waals surface area (Å²) in [7, 11) is 2.25. The number of nitrogens with zero attached hydrogens (tertiary/aromatic N) is 1. The highest BCUT2D eigenvalue weighted by molar-refractivity contribution is 7.99. The van der Waals surface area contributed by atoms with Crippen molar-refractivity contribution in [2.75, 3.05) is 31.6 Å². The zero-order valence-corrected chi connectivity index (χ0v) is 9.20. The molecule has 1 rings (SSSR count). The standard InChI is InChI=1S/C10H21NS/c1-3-6-11(2)8-10-5-4-7-12-9-10/h10H,3-9H2,1-2H3. The minimum absolute atomic E-state index is 0.972. The van der Waals surface area contributed by atoms with Crippen LogP contribution >= 0.6 is 11.8 Å². The van der Waals surface area contributed by atoms with Crippen LogP contribution in [0.3, 0.4) is 0 Å². The predicted octanol–water partition coefficient (Wildman–Crippen LogP) is 2.47. The fourth-order valence-electron chi connectivity index (χ4n) is 1.87. The topological polar surface area (TPSA) is 3.24 Å². The summed E-state index contributed by atoms with van der Waals surface area (Å²) in [6.07, 6.45) is 4.19. The van der Waals surface area contributed by atoms with Crippen molar-refractivity contribution >= 4 is 11.8 Å². The van der Waals surface area contributed by atoms with Gasteiger partial charge in [-0.1, -0.05) is 6.92 Å². The summed E-state index contributed by atoms with van der Waals surface area (Å²) in [5.74, 6) is 3.77. The van der Waals surface area contributed by atoms with Gasteiger partial charge in [0.05, 0.1) is 0 Å². The van der Waals surface area contributed by atoms with Gasteiger partial charge in [-0.3, -0.25) is 0 Å². The molecule has 1 fully saturated rings. The fourth-order valence-corrected chi connectivity index (χ4v) is 3.01. The van der Waals surface area contributed by atoms with E-state index in [2.05, 4.69) is 30.6 Å². The van der Waals surface area contributed by atoms with Gasteiger partial charge in [-0.15, -0.1) is 0 Å². The molecule has 1 heterocycles. The Kier molecular flexibility index (Phi) is 5.08. The van der Waals surface area contributed by atoms with Crippen molar-refractivity contribution in [2.24, 2.45) is 5.92 Å². The molecule has 0 N–H and O–H groups in total. The van der Waals surface area contributed by atoms with Crippen LogP contribution in [0.15, 0.2) is 0 Å². The van der Waals surface area contributed by atoms with Crippen LogP contribution in [0.5, 0.6) is 0 Å². The zero-order valence-electron chi connectivity index (χ0n) is 8.38. The first kappa shape index (κ1) is 10.4. The van der Waals surface area contributed by atoms with E-state index in [1.54, 1.807) is 0 Å². The first-order valence-corrected chi connectivity index (χ1v) is 6.24. The third kappa shape index (κ3) is 3.81. The van der Waals surface area contributed by atoms with Gasteiger partial charge in [-0.05, 0) is 50.3 Å². The van der Waals surface area contributed by atoms with Crippen molar-refractivity contribution in [2.45, 2.75) is 26.2 Å². The van der Waals surface area contributed by atoms with Gasteiger partial charge in [-0.25, -0.2) is 0 Å². The van der Waals surface area contributed by atoms with Gasteiger partial charge in [0.25, 0.3) is 0 Å². The van der Waals surface area contributed by atoms with Crippen LogP contribution in [-0.2, 0) is 0 Å². The Labute approximate surface area is 80.9 Å². The minimum Gasteiger partial charge on any atom is -0.306 e. The first-order valence-electron chi connectivity index (χ1n) is 5.09. The quantitative estimate of drug-likeness (QED) is 0.665. The molecule has 12 heavy (non-hydrogen) atoms. The molecule has 0 radical (unpaired) electrons. The Morgan fingerprint density at radius 3 is 2.92 bits per heavy atom. The summed E-state index contributed by atoms with van der Waals surface area (Å²) in [6.45, 7) is 4.84. The van der Waals surface area contributed by atoms with Crippen molar-refractivity contribution in [3.05, 3.63) is 0 Å². The third-order valence-electron chi connectivity index (χ3n) is 2.43. The maximum Gasteiger partial charge on any atom is 0.00145 e. The maximum atomic E-state index is 2.48. The smallest absolute Gasteiger partial charge is 0.00145 e. The highest BCUT2D eigenvalue weighted by Gasteiger charge is 2.14. The number of hydrogen-bond donors (Lipinski definition) is 0. The summed E-state index contributed by atoms with van der Waals surface area (Å²) in [6, 6.07) is 0. The van der Waals surface area contributed by atoms with Gasteiger partial charge in [-0.2, -0.15) is 11.8 Å². The van der Waals surface area contributed by atoms with E-state index in [4.69, 9.17) is 0 Å². The van der Waals surface area contributed by atoms with Crippen LogP contribution in [0.1, 0.15) is 26.2 Å². The van der Waals surface area contributed by atoms with E-state index in [1.165, 1.54) is 43.9 Å². The summed E-state index contributed by atoms with van der Waals surface area (Å²) in [5, 5.41) is 0. The highest BCUT2D eigenvalue weighted by Crippen LogP contribution is 2.22. The lowest BCUT2D eigenvalue weighted by Crippen LogP contribution is -2.29. The molecule has 1 aliphatic heterocycles. The van der Waals surface area contributed by atoms with Crippen LogP contribution in [0.4, 0.5) is 0 Å². The van der Waals surface area contributed by atoms with E-state index in [9.17, 15) is 0 Å². The molecule has 0 aliphatic carbocycles. The molecule has 1 saturated heterocycles. The van der Waals surface area contributed by atoms with E-state index in [0.29, 0.717) is 0 Å². The predicted molar refractivity (Wildman–Crippen MR) is 57.8 cm³/mol. The van der Waals surface area contributed by atoms with Crippen LogP contribution in [0.2, 0.25) is 0 Å². The van der Waals surface area contributed by atoms with Crippen molar-refractivity contribution in [1.82, 2.24) is 4.90 Å². The van der Waals surface area contributed by atoms with Gasteiger partial charge in [0.2, 0.25) is 0 Å². The lowest BCUT2D eigenvalue weighted by atomic mass is 10.1. The molecule has 0 amide bonds. The Balaban J connectivity index is 2.11. The van der Waals surface area contributed by atoms with Crippen LogP contribution < -0.4 is 0 Å². The molecule has 0 spiro atoms. The van der Waals surface area contributed by atoms with Gasteiger partial charge >= 0.3 is 0 Å². The van der Waals surface area contributed by atoms with Crippen molar-refractivity contribution in [3.63, 3.8) is 0 Å². The monoisotopic (exact) mass is 187 g/mol. The number of rotatable bonds is 4. The lowest BCUT2D eigenvalue weighted by Gasteiger charge is -2.26. The Bertz CT molecular complexity index is 110. The normalized spacial score (nSPS) is 24.8. The molecular formula is C10H21NS. The zero-order chi connectivity index (χ0) is 8.81. The molecule has 0 aromatic rings. The third-order valence-corrected chi connectivity index (χ3v) is 3.71. The second kappa shape index (κ2) is 5.87. The summed E-state index contributed by atoms with van der Waals surface area (Å²) in [4.78, 5) is 2.48. The number of thioether (sulfide) groups is 1. The molecule has 1 aliphatic rings. The van der Waals surface area contributed by atoms with E-state index in [-0.39, 0.29) is 0 Å². The average Bonchev–Trinajstić information content (AvgIpc) is 2.06. The molecule has 2 heteroatoms. The second-order valence-corrected chi connectivity index (χ2v) is 5.00. The maximum absolute atomic E-state index is 2.48. The van der Waals surface area contributed by atoms with E-state index >= 15 is 0 Å². The molecule has 0 aromatic heterocycles.